The van der Waals surface area contributed by atoms with Crippen molar-refractivity contribution >= 4 is 5.97 Å². The molecule has 1 aliphatic rings. The van der Waals surface area contributed by atoms with Crippen LogP contribution < -0.4 is 5.32 Å². The molecule has 0 saturated heterocycles. The molecule has 0 aliphatic heterocycles. The topological polar surface area (TPSA) is 47.6 Å². The first kappa shape index (κ1) is 14.5. The van der Waals surface area contributed by atoms with Crippen LogP contribution in [0.15, 0.2) is 0 Å². The standard InChI is InChI=1S/C13H25NO3/c1-4-10(3)17-9-8-12(13(15)16-5-2)14-11-6-7-11/h10-12,14H,4-9H2,1-3H3. The van der Waals surface area contributed by atoms with Crippen LogP contribution in [0.5, 0.6) is 0 Å². The van der Waals surface area contributed by atoms with Crippen molar-refractivity contribution in [3.05, 3.63) is 0 Å². The number of carbonyl (C=O) groups excluding carboxylic acids is 1. The van der Waals surface area contributed by atoms with Crippen LogP contribution in [-0.2, 0) is 14.3 Å². The van der Waals surface area contributed by atoms with Crippen molar-refractivity contribution in [1.29, 1.82) is 0 Å². The molecule has 0 amide bonds. The van der Waals surface area contributed by atoms with E-state index in [1.807, 2.05) is 13.8 Å². The average Bonchev–Trinajstić information content (AvgIpc) is 3.11. The molecule has 4 heteroatoms. The molecule has 17 heavy (non-hydrogen) atoms. The molecular weight excluding hydrogens is 218 g/mol. The number of hydrogen-bond donors (Lipinski definition) is 1. The summed E-state index contributed by atoms with van der Waals surface area (Å²) in [5.74, 6) is -0.146. The van der Waals surface area contributed by atoms with Gasteiger partial charge in [0.15, 0.2) is 0 Å². The third-order valence-electron chi connectivity index (χ3n) is 2.97. The Morgan fingerprint density at radius 2 is 2.12 bits per heavy atom. The Labute approximate surface area is 104 Å². The highest BCUT2D eigenvalue weighted by Gasteiger charge is 2.28. The smallest absolute Gasteiger partial charge is 0.323 e. The number of esters is 1. The quantitative estimate of drug-likeness (QED) is 0.628. The monoisotopic (exact) mass is 243 g/mol. The summed E-state index contributed by atoms with van der Waals surface area (Å²) < 4.78 is 10.7. The molecular formula is C13H25NO3. The maximum atomic E-state index is 11.7. The Hall–Kier alpha value is -0.610. The Balaban J connectivity index is 2.26. The van der Waals surface area contributed by atoms with Gasteiger partial charge in [0, 0.05) is 12.6 Å². The van der Waals surface area contributed by atoms with Gasteiger partial charge in [-0.15, -0.1) is 0 Å². The summed E-state index contributed by atoms with van der Waals surface area (Å²) >= 11 is 0. The van der Waals surface area contributed by atoms with Crippen molar-refractivity contribution in [3.63, 3.8) is 0 Å². The lowest BCUT2D eigenvalue weighted by Crippen LogP contribution is -2.40. The van der Waals surface area contributed by atoms with Gasteiger partial charge in [-0.3, -0.25) is 4.79 Å². The van der Waals surface area contributed by atoms with Crippen LogP contribution in [0.3, 0.4) is 0 Å². The fourth-order valence-electron chi connectivity index (χ4n) is 1.55. The molecule has 2 unspecified atom stereocenters. The fourth-order valence-corrected chi connectivity index (χ4v) is 1.55. The summed E-state index contributed by atoms with van der Waals surface area (Å²) in [5.41, 5.74) is 0. The molecule has 1 rings (SSSR count). The number of ether oxygens (including phenoxy) is 2. The molecule has 0 radical (unpaired) electrons. The van der Waals surface area contributed by atoms with E-state index in [2.05, 4.69) is 12.2 Å². The van der Waals surface area contributed by atoms with Gasteiger partial charge in [-0.2, -0.15) is 0 Å². The van der Waals surface area contributed by atoms with Crippen molar-refractivity contribution in [2.45, 2.75) is 64.6 Å². The van der Waals surface area contributed by atoms with Crippen LogP contribution in [0.2, 0.25) is 0 Å². The van der Waals surface area contributed by atoms with Gasteiger partial charge in [-0.1, -0.05) is 6.92 Å². The molecule has 0 spiro atoms. The van der Waals surface area contributed by atoms with Crippen molar-refractivity contribution in [1.82, 2.24) is 5.32 Å². The van der Waals surface area contributed by atoms with Gasteiger partial charge in [0.05, 0.1) is 12.7 Å². The zero-order chi connectivity index (χ0) is 12.7. The Morgan fingerprint density at radius 1 is 1.41 bits per heavy atom. The Kier molecular flexibility index (Phi) is 6.52. The summed E-state index contributed by atoms with van der Waals surface area (Å²) in [4.78, 5) is 11.7. The summed E-state index contributed by atoms with van der Waals surface area (Å²) in [6, 6.07) is 0.305. The minimum atomic E-state index is -0.202. The summed E-state index contributed by atoms with van der Waals surface area (Å²) in [5, 5.41) is 3.31. The SMILES string of the molecule is CCOC(=O)C(CCOC(C)CC)NC1CC1. The molecule has 0 aromatic rings. The van der Waals surface area contributed by atoms with Crippen molar-refractivity contribution in [2.24, 2.45) is 0 Å². The third kappa shape index (κ3) is 6.03. The van der Waals surface area contributed by atoms with Gasteiger partial charge < -0.3 is 14.8 Å². The van der Waals surface area contributed by atoms with E-state index in [-0.39, 0.29) is 18.1 Å². The van der Waals surface area contributed by atoms with E-state index in [0.29, 0.717) is 25.7 Å². The molecule has 0 aromatic heterocycles. The molecule has 1 N–H and O–H groups in total. The predicted molar refractivity (Wildman–Crippen MR) is 66.9 cm³/mol. The minimum absolute atomic E-state index is 0.146. The summed E-state index contributed by atoms with van der Waals surface area (Å²) in [6.45, 7) is 7.03. The molecule has 0 bridgehead atoms. The largest absolute Gasteiger partial charge is 0.465 e. The van der Waals surface area contributed by atoms with E-state index in [1.165, 1.54) is 12.8 Å². The second-order valence-electron chi connectivity index (χ2n) is 4.62. The van der Waals surface area contributed by atoms with E-state index in [4.69, 9.17) is 9.47 Å². The van der Waals surface area contributed by atoms with Crippen LogP contribution in [-0.4, -0.2) is 37.4 Å². The molecule has 2 atom stereocenters. The van der Waals surface area contributed by atoms with E-state index in [0.717, 1.165) is 6.42 Å². The second-order valence-corrected chi connectivity index (χ2v) is 4.62. The second kappa shape index (κ2) is 7.67. The van der Waals surface area contributed by atoms with Crippen molar-refractivity contribution in [3.8, 4) is 0 Å². The van der Waals surface area contributed by atoms with Crippen molar-refractivity contribution in [2.75, 3.05) is 13.2 Å². The molecule has 4 nitrogen and oxygen atoms in total. The van der Waals surface area contributed by atoms with Gasteiger partial charge in [0.2, 0.25) is 0 Å². The third-order valence-corrected chi connectivity index (χ3v) is 2.97. The normalized spacial score (nSPS) is 18.8. The first-order chi connectivity index (χ1) is 8.17. The maximum Gasteiger partial charge on any atom is 0.323 e. The number of nitrogens with one attached hydrogen (secondary N) is 1. The van der Waals surface area contributed by atoms with Crippen LogP contribution >= 0.6 is 0 Å². The highest BCUT2D eigenvalue weighted by molar-refractivity contribution is 5.75. The number of rotatable bonds is 9. The van der Waals surface area contributed by atoms with Gasteiger partial charge >= 0.3 is 5.97 Å². The van der Waals surface area contributed by atoms with E-state index in [9.17, 15) is 4.79 Å². The average molecular weight is 243 g/mol. The van der Waals surface area contributed by atoms with E-state index >= 15 is 0 Å². The fraction of sp³-hybridized carbons (Fsp3) is 0.923. The minimum Gasteiger partial charge on any atom is -0.465 e. The first-order valence-corrected chi connectivity index (χ1v) is 6.71. The van der Waals surface area contributed by atoms with Crippen LogP contribution in [0, 0.1) is 0 Å². The Morgan fingerprint density at radius 3 is 2.65 bits per heavy atom. The maximum absolute atomic E-state index is 11.7. The van der Waals surface area contributed by atoms with Gasteiger partial charge in [0.25, 0.3) is 0 Å². The lowest BCUT2D eigenvalue weighted by atomic mass is 10.2. The zero-order valence-electron chi connectivity index (χ0n) is 11.2. The van der Waals surface area contributed by atoms with Crippen molar-refractivity contribution < 1.29 is 14.3 Å². The predicted octanol–water partition coefficient (Wildman–Crippen LogP) is 1.88. The zero-order valence-corrected chi connectivity index (χ0v) is 11.2. The first-order valence-electron chi connectivity index (χ1n) is 6.71. The number of carbonyl (C=O) groups is 1. The van der Waals surface area contributed by atoms with Gasteiger partial charge in [0.1, 0.15) is 6.04 Å². The van der Waals surface area contributed by atoms with E-state index in [1.54, 1.807) is 0 Å². The van der Waals surface area contributed by atoms with Crippen LogP contribution in [0.25, 0.3) is 0 Å². The van der Waals surface area contributed by atoms with Gasteiger partial charge in [-0.25, -0.2) is 0 Å². The molecule has 1 fully saturated rings. The lowest BCUT2D eigenvalue weighted by molar-refractivity contribution is -0.146. The lowest BCUT2D eigenvalue weighted by Gasteiger charge is -2.18. The number of hydrogen-bond acceptors (Lipinski definition) is 4. The highest BCUT2D eigenvalue weighted by Crippen LogP contribution is 2.20. The van der Waals surface area contributed by atoms with E-state index < -0.39 is 0 Å². The molecule has 0 aromatic carbocycles. The summed E-state index contributed by atoms with van der Waals surface area (Å²) in [7, 11) is 0. The summed E-state index contributed by atoms with van der Waals surface area (Å²) in [6.07, 6.45) is 4.29. The molecule has 100 valence electrons. The molecule has 1 saturated carbocycles. The van der Waals surface area contributed by atoms with Gasteiger partial charge in [-0.05, 0) is 39.5 Å². The van der Waals surface area contributed by atoms with Crippen LogP contribution in [0.1, 0.15) is 46.5 Å². The molecule has 1 aliphatic carbocycles. The Bertz CT molecular complexity index is 229. The van der Waals surface area contributed by atoms with Crippen LogP contribution in [0.4, 0.5) is 0 Å². The molecule has 0 heterocycles. The highest BCUT2D eigenvalue weighted by atomic mass is 16.5.